The first-order valence-corrected chi connectivity index (χ1v) is 10.2. The summed E-state index contributed by atoms with van der Waals surface area (Å²) >= 11 is 3.28. The Morgan fingerprint density at radius 2 is 2.29 bits per heavy atom. The fraction of sp³-hybridized carbons (Fsp3) is 0.529. The van der Waals surface area contributed by atoms with E-state index in [9.17, 15) is 14.0 Å². The van der Waals surface area contributed by atoms with Crippen LogP contribution in [0.2, 0.25) is 0 Å². The summed E-state index contributed by atoms with van der Waals surface area (Å²) in [4.78, 5) is 26.0. The smallest absolute Gasteiger partial charge is 0.243 e. The summed E-state index contributed by atoms with van der Waals surface area (Å²) in [6.45, 7) is 2.57. The number of nitrogens with zero attached hydrogens (tertiary/aromatic N) is 1. The molecule has 1 aromatic carbocycles. The summed E-state index contributed by atoms with van der Waals surface area (Å²) in [5, 5.41) is 2.92. The Kier molecular flexibility index (Phi) is 5.39. The third-order valence-electron chi connectivity index (χ3n) is 4.51. The van der Waals surface area contributed by atoms with Gasteiger partial charge in [-0.3, -0.25) is 9.59 Å². The quantitative estimate of drug-likeness (QED) is 0.785. The minimum absolute atomic E-state index is 0.0760. The fourth-order valence-electron chi connectivity index (χ4n) is 3.18. The molecule has 1 N–H and O–H groups in total. The molecule has 3 rings (SSSR count). The van der Waals surface area contributed by atoms with Gasteiger partial charge in [-0.2, -0.15) is 11.8 Å². The average molecular weight is 368 g/mol. The van der Waals surface area contributed by atoms with E-state index in [4.69, 9.17) is 0 Å². The van der Waals surface area contributed by atoms with Crippen molar-refractivity contribution in [1.82, 2.24) is 10.2 Å². The molecule has 0 saturated carbocycles. The van der Waals surface area contributed by atoms with Crippen molar-refractivity contribution in [3.05, 3.63) is 35.6 Å². The molecule has 2 saturated heterocycles. The second-order valence-electron chi connectivity index (χ2n) is 6.20. The predicted octanol–water partition coefficient (Wildman–Crippen LogP) is 2.63. The van der Waals surface area contributed by atoms with Gasteiger partial charge in [0, 0.05) is 30.2 Å². The van der Waals surface area contributed by atoms with Gasteiger partial charge in [-0.25, -0.2) is 4.39 Å². The van der Waals surface area contributed by atoms with Crippen molar-refractivity contribution >= 4 is 35.3 Å². The maximum Gasteiger partial charge on any atom is 0.243 e. The summed E-state index contributed by atoms with van der Waals surface area (Å²) in [5.41, 5.74) is 0.680. The van der Waals surface area contributed by atoms with E-state index < -0.39 is 0 Å². The number of hydrogen-bond acceptors (Lipinski definition) is 4. The molecule has 0 radical (unpaired) electrons. The highest BCUT2D eigenvalue weighted by molar-refractivity contribution is 8.01. The SMILES string of the molecule is CC12CCC(=O)N1C(C(=O)NCCSCc1ccccc1F)CS2. The zero-order valence-corrected chi connectivity index (χ0v) is 15.2. The third-order valence-corrected chi connectivity index (χ3v) is 7.02. The van der Waals surface area contributed by atoms with Gasteiger partial charge in [0.25, 0.3) is 0 Å². The summed E-state index contributed by atoms with van der Waals surface area (Å²) in [6.07, 6.45) is 1.35. The van der Waals surface area contributed by atoms with Crippen LogP contribution in [-0.4, -0.2) is 45.7 Å². The Morgan fingerprint density at radius 1 is 1.50 bits per heavy atom. The van der Waals surface area contributed by atoms with Gasteiger partial charge in [0.15, 0.2) is 0 Å². The monoisotopic (exact) mass is 368 g/mol. The van der Waals surface area contributed by atoms with Crippen LogP contribution in [0.15, 0.2) is 24.3 Å². The third kappa shape index (κ3) is 3.57. The molecule has 2 atom stereocenters. The number of benzene rings is 1. The molecule has 2 heterocycles. The van der Waals surface area contributed by atoms with Gasteiger partial charge in [0.05, 0.1) is 4.87 Å². The first-order valence-electron chi connectivity index (χ1n) is 8.06. The molecule has 2 aliphatic rings. The second-order valence-corrected chi connectivity index (χ2v) is 8.81. The van der Waals surface area contributed by atoms with Gasteiger partial charge in [-0.05, 0) is 25.0 Å². The lowest BCUT2D eigenvalue weighted by Gasteiger charge is -2.29. The van der Waals surface area contributed by atoms with E-state index in [2.05, 4.69) is 5.32 Å². The molecule has 2 amide bonds. The molecule has 2 unspecified atom stereocenters. The lowest BCUT2D eigenvalue weighted by Crippen LogP contribution is -2.50. The van der Waals surface area contributed by atoms with E-state index in [-0.39, 0.29) is 28.5 Å². The molecule has 4 nitrogen and oxygen atoms in total. The van der Waals surface area contributed by atoms with E-state index in [1.807, 2.05) is 13.0 Å². The zero-order valence-electron chi connectivity index (χ0n) is 13.6. The van der Waals surface area contributed by atoms with Crippen molar-refractivity contribution in [2.45, 2.75) is 36.4 Å². The normalized spacial score (nSPS) is 25.8. The van der Waals surface area contributed by atoms with Crippen LogP contribution in [-0.2, 0) is 15.3 Å². The largest absolute Gasteiger partial charge is 0.353 e. The van der Waals surface area contributed by atoms with E-state index in [0.717, 1.165) is 6.42 Å². The van der Waals surface area contributed by atoms with E-state index in [1.165, 1.54) is 6.07 Å². The van der Waals surface area contributed by atoms with Crippen molar-refractivity contribution in [3.63, 3.8) is 0 Å². The van der Waals surface area contributed by atoms with Crippen LogP contribution < -0.4 is 5.32 Å². The molecule has 24 heavy (non-hydrogen) atoms. The molecule has 0 aromatic heterocycles. The number of carbonyl (C=O) groups is 2. The van der Waals surface area contributed by atoms with Crippen molar-refractivity contribution in [2.24, 2.45) is 0 Å². The summed E-state index contributed by atoms with van der Waals surface area (Å²) in [5.74, 6) is 1.78. The maximum atomic E-state index is 13.5. The van der Waals surface area contributed by atoms with Crippen LogP contribution in [0.25, 0.3) is 0 Å². The maximum absolute atomic E-state index is 13.5. The molecular formula is C17H21FN2O2S2. The van der Waals surface area contributed by atoms with Gasteiger partial charge in [-0.1, -0.05) is 18.2 Å². The van der Waals surface area contributed by atoms with Gasteiger partial charge in [0.1, 0.15) is 11.9 Å². The molecule has 2 fully saturated rings. The highest BCUT2D eigenvalue weighted by Gasteiger charge is 2.52. The fourth-order valence-corrected chi connectivity index (χ4v) is 5.45. The van der Waals surface area contributed by atoms with Crippen LogP contribution >= 0.6 is 23.5 Å². The van der Waals surface area contributed by atoms with Crippen molar-refractivity contribution < 1.29 is 14.0 Å². The average Bonchev–Trinajstić information content (AvgIpc) is 3.05. The number of nitrogens with one attached hydrogen (secondary N) is 1. The zero-order chi connectivity index (χ0) is 17.2. The number of amides is 2. The molecule has 2 aliphatic heterocycles. The number of rotatable bonds is 6. The number of hydrogen-bond donors (Lipinski definition) is 1. The van der Waals surface area contributed by atoms with Crippen LogP contribution in [0.4, 0.5) is 4.39 Å². The predicted molar refractivity (Wildman–Crippen MR) is 96.3 cm³/mol. The van der Waals surface area contributed by atoms with Crippen LogP contribution in [0.1, 0.15) is 25.3 Å². The molecule has 0 spiro atoms. The van der Waals surface area contributed by atoms with Crippen LogP contribution in [0, 0.1) is 5.82 Å². The standard InChI is InChI=1S/C17H21FN2O2S2/c1-17-7-6-15(21)20(17)14(11-24-17)16(22)19-8-9-23-10-12-4-2-3-5-13(12)18/h2-5,14H,6-11H2,1H3,(H,19,22). The van der Waals surface area contributed by atoms with Crippen molar-refractivity contribution in [1.29, 1.82) is 0 Å². The first kappa shape index (κ1) is 17.6. The molecule has 1 aromatic rings. The Labute approximate surface area is 149 Å². The number of halogens is 1. The van der Waals surface area contributed by atoms with E-state index in [1.54, 1.807) is 40.6 Å². The Morgan fingerprint density at radius 3 is 3.08 bits per heavy atom. The lowest BCUT2D eigenvalue weighted by atomic mass is 10.2. The Bertz CT molecular complexity index is 643. The molecular weight excluding hydrogens is 347 g/mol. The van der Waals surface area contributed by atoms with Gasteiger partial charge < -0.3 is 10.2 Å². The highest BCUT2D eigenvalue weighted by atomic mass is 32.2. The Hall–Kier alpha value is -1.21. The lowest BCUT2D eigenvalue weighted by molar-refractivity contribution is -0.137. The Balaban J connectivity index is 1.42. The summed E-state index contributed by atoms with van der Waals surface area (Å²) in [6, 6.07) is 6.38. The van der Waals surface area contributed by atoms with Crippen LogP contribution in [0.5, 0.6) is 0 Å². The minimum Gasteiger partial charge on any atom is -0.353 e. The van der Waals surface area contributed by atoms with Gasteiger partial charge in [-0.15, -0.1) is 11.8 Å². The molecule has 0 bridgehead atoms. The van der Waals surface area contributed by atoms with Gasteiger partial charge in [0.2, 0.25) is 11.8 Å². The molecule has 0 aliphatic carbocycles. The topological polar surface area (TPSA) is 49.4 Å². The summed E-state index contributed by atoms with van der Waals surface area (Å²) < 4.78 is 13.5. The first-order chi connectivity index (χ1) is 11.5. The minimum atomic E-state index is -0.355. The second kappa shape index (κ2) is 7.35. The number of fused-ring (bicyclic) bond motifs is 1. The summed E-state index contributed by atoms with van der Waals surface area (Å²) in [7, 11) is 0. The highest BCUT2D eigenvalue weighted by Crippen LogP contribution is 2.47. The van der Waals surface area contributed by atoms with Crippen molar-refractivity contribution in [3.8, 4) is 0 Å². The number of carbonyl (C=O) groups excluding carboxylic acids is 2. The number of thioether (sulfide) groups is 2. The molecule has 7 heteroatoms. The van der Waals surface area contributed by atoms with Crippen LogP contribution in [0.3, 0.4) is 0 Å². The van der Waals surface area contributed by atoms with E-state index in [0.29, 0.717) is 35.8 Å². The van der Waals surface area contributed by atoms with Gasteiger partial charge >= 0.3 is 0 Å². The molecule has 130 valence electrons. The van der Waals surface area contributed by atoms with Crippen molar-refractivity contribution in [2.75, 3.05) is 18.1 Å². The van der Waals surface area contributed by atoms with E-state index >= 15 is 0 Å².